The Hall–Kier alpha value is -0.910. The minimum Gasteiger partial charge on any atom is -0.297 e. The lowest BCUT2D eigenvalue weighted by Gasteiger charge is -2.26. The van der Waals surface area contributed by atoms with E-state index in [9.17, 15) is 8.42 Å². The second-order valence-electron chi connectivity index (χ2n) is 4.77. The fourth-order valence-corrected chi connectivity index (χ4v) is 2.34. The molecule has 0 radical (unpaired) electrons. The molecule has 18 heavy (non-hydrogen) atoms. The van der Waals surface area contributed by atoms with Crippen molar-refractivity contribution in [3.8, 4) is 0 Å². The van der Waals surface area contributed by atoms with Crippen LogP contribution in [0.2, 0.25) is 0 Å². The Bertz CT molecular complexity index is 443. The van der Waals surface area contributed by atoms with Crippen LogP contribution < -0.4 is 5.14 Å². The Morgan fingerprint density at radius 3 is 2.33 bits per heavy atom. The summed E-state index contributed by atoms with van der Waals surface area (Å²) in [4.78, 5) is 2.25. The van der Waals surface area contributed by atoms with Crippen molar-refractivity contribution in [2.75, 3.05) is 12.3 Å². The van der Waals surface area contributed by atoms with E-state index in [1.54, 1.807) is 0 Å². The van der Waals surface area contributed by atoms with Gasteiger partial charge in [-0.05, 0) is 32.4 Å². The number of sulfonamides is 1. The third-order valence-corrected chi connectivity index (χ3v) is 3.69. The number of hydrogen-bond acceptors (Lipinski definition) is 3. The molecule has 2 N–H and O–H groups in total. The van der Waals surface area contributed by atoms with E-state index in [1.165, 1.54) is 5.56 Å². The molecular formula is C13H22N2O2S. The molecule has 0 atom stereocenters. The first-order valence-corrected chi connectivity index (χ1v) is 7.88. The van der Waals surface area contributed by atoms with Gasteiger partial charge in [0, 0.05) is 12.6 Å². The van der Waals surface area contributed by atoms with E-state index >= 15 is 0 Å². The molecule has 0 amide bonds. The van der Waals surface area contributed by atoms with Crippen LogP contribution in [0.3, 0.4) is 0 Å². The van der Waals surface area contributed by atoms with E-state index in [2.05, 4.69) is 30.9 Å². The Labute approximate surface area is 110 Å². The predicted molar refractivity (Wildman–Crippen MR) is 74.6 cm³/mol. The molecule has 0 aliphatic carbocycles. The van der Waals surface area contributed by atoms with E-state index in [4.69, 9.17) is 5.14 Å². The zero-order valence-corrected chi connectivity index (χ0v) is 11.9. The van der Waals surface area contributed by atoms with Gasteiger partial charge in [0.1, 0.15) is 0 Å². The summed E-state index contributed by atoms with van der Waals surface area (Å²) in [6, 6.07) is 10.6. The maximum atomic E-state index is 10.9. The van der Waals surface area contributed by atoms with E-state index in [0.717, 1.165) is 13.1 Å². The summed E-state index contributed by atoms with van der Waals surface area (Å²) in [5.41, 5.74) is 1.24. The third-order valence-electron chi connectivity index (χ3n) is 2.83. The summed E-state index contributed by atoms with van der Waals surface area (Å²) in [5, 5.41) is 5.00. The summed E-state index contributed by atoms with van der Waals surface area (Å²) in [6.45, 7) is 5.80. The molecule has 0 bridgehead atoms. The van der Waals surface area contributed by atoms with Gasteiger partial charge < -0.3 is 0 Å². The molecule has 1 aromatic carbocycles. The zero-order chi connectivity index (χ0) is 13.6. The second kappa shape index (κ2) is 6.87. The second-order valence-corrected chi connectivity index (χ2v) is 6.50. The highest BCUT2D eigenvalue weighted by Crippen LogP contribution is 2.08. The lowest BCUT2D eigenvalue weighted by Crippen LogP contribution is -2.32. The van der Waals surface area contributed by atoms with Gasteiger partial charge in [0.05, 0.1) is 5.75 Å². The van der Waals surface area contributed by atoms with Crippen LogP contribution in [-0.4, -0.2) is 31.7 Å². The van der Waals surface area contributed by atoms with Crippen molar-refractivity contribution in [1.29, 1.82) is 0 Å². The molecule has 0 spiro atoms. The monoisotopic (exact) mass is 270 g/mol. The maximum Gasteiger partial charge on any atom is 0.209 e. The Balaban J connectivity index is 2.51. The fraction of sp³-hybridized carbons (Fsp3) is 0.538. The van der Waals surface area contributed by atoms with E-state index in [-0.39, 0.29) is 5.75 Å². The average molecular weight is 270 g/mol. The molecule has 102 valence electrons. The molecule has 5 heteroatoms. The standard InChI is InChI=1S/C13H22N2O2S/c1-12(2)15(9-6-10-18(14,16)17)11-13-7-4-3-5-8-13/h3-5,7-8,12H,6,9-11H2,1-2H3,(H2,14,16,17). The molecule has 0 fully saturated rings. The molecule has 0 aromatic heterocycles. The zero-order valence-electron chi connectivity index (χ0n) is 11.0. The molecule has 4 nitrogen and oxygen atoms in total. The highest BCUT2D eigenvalue weighted by atomic mass is 32.2. The largest absolute Gasteiger partial charge is 0.297 e. The molecule has 0 saturated carbocycles. The summed E-state index contributed by atoms with van der Waals surface area (Å²) in [7, 11) is -3.35. The van der Waals surface area contributed by atoms with Crippen molar-refractivity contribution in [2.45, 2.75) is 32.9 Å². The van der Waals surface area contributed by atoms with Crippen LogP contribution in [0, 0.1) is 0 Å². The van der Waals surface area contributed by atoms with Gasteiger partial charge in [0.15, 0.2) is 0 Å². The van der Waals surface area contributed by atoms with Gasteiger partial charge in [-0.1, -0.05) is 30.3 Å². The number of hydrogen-bond donors (Lipinski definition) is 1. The van der Waals surface area contributed by atoms with E-state index in [1.807, 2.05) is 18.2 Å². The topological polar surface area (TPSA) is 63.4 Å². The first kappa shape index (κ1) is 15.1. The molecular weight excluding hydrogens is 248 g/mol. The molecule has 0 aliphatic heterocycles. The summed E-state index contributed by atoms with van der Waals surface area (Å²) >= 11 is 0. The number of benzene rings is 1. The Morgan fingerprint density at radius 2 is 1.83 bits per heavy atom. The predicted octanol–water partition coefficient (Wildman–Crippen LogP) is 1.58. The third kappa shape index (κ3) is 6.14. The molecule has 0 unspecified atom stereocenters. The minimum atomic E-state index is -3.35. The lowest BCUT2D eigenvalue weighted by molar-refractivity contribution is 0.213. The van der Waals surface area contributed by atoms with Gasteiger partial charge in [-0.2, -0.15) is 0 Å². The smallest absolute Gasteiger partial charge is 0.209 e. The van der Waals surface area contributed by atoms with Gasteiger partial charge in [-0.15, -0.1) is 0 Å². The normalized spacial score (nSPS) is 12.3. The van der Waals surface area contributed by atoms with Crippen molar-refractivity contribution < 1.29 is 8.42 Å². The van der Waals surface area contributed by atoms with Crippen LogP contribution in [0.15, 0.2) is 30.3 Å². The van der Waals surface area contributed by atoms with Gasteiger partial charge in [-0.3, -0.25) is 4.90 Å². The Kier molecular flexibility index (Phi) is 5.78. The van der Waals surface area contributed by atoms with Crippen LogP contribution in [0.5, 0.6) is 0 Å². The summed E-state index contributed by atoms with van der Waals surface area (Å²) in [6.07, 6.45) is 0.573. The van der Waals surface area contributed by atoms with Crippen LogP contribution in [0.1, 0.15) is 25.8 Å². The highest BCUT2D eigenvalue weighted by Gasteiger charge is 2.11. The van der Waals surface area contributed by atoms with Crippen molar-refractivity contribution in [3.63, 3.8) is 0 Å². The quantitative estimate of drug-likeness (QED) is 0.818. The number of nitrogens with two attached hydrogens (primary N) is 1. The summed E-state index contributed by atoms with van der Waals surface area (Å²) in [5.74, 6) is 0.0466. The SMILES string of the molecule is CC(C)N(CCCS(N)(=O)=O)Cc1ccccc1. The van der Waals surface area contributed by atoms with Crippen LogP contribution in [-0.2, 0) is 16.6 Å². The Morgan fingerprint density at radius 1 is 1.22 bits per heavy atom. The van der Waals surface area contributed by atoms with E-state index < -0.39 is 10.0 Å². The highest BCUT2D eigenvalue weighted by molar-refractivity contribution is 7.89. The van der Waals surface area contributed by atoms with Crippen LogP contribution >= 0.6 is 0 Å². The van der Waals surface area contributed by atoms with Crippen molar-refractivity contribution >= 4 is 10.0 Å². The lowest BCUT2D eigenvalue weighted by atomic mass is 10.2. The summed E-state index contributed by atoms with van der Waals surface area (Å²) < 4.78 is 21.8. The van der Waals surface area contributed by atoms with Crippen LogP contribution in [0.25, 0.3) is 0 Å². The first-order chi connectivity index (χ1) is 8.38. The molecule has 0 heterocycles. The van der Waals surface area contributed by atoms with Crippen molar-refractivity contribution in [1.82, 2.24) is 4.90 Å². The van der Waals surface area contributed by atoms with Gasteiger partial charge in [-0.25, -0.2) is 13.6 Å². The average Bonchev–Trinajstić information content (AvgIpc) is 2.27. The molecule has 0 saturated heterocycles. The van der Waals surface area contributed by atoms with Gasteiger partial charge in [0.25, 0.3) is 0 Å². The fourth-order valence-electron chi connectivity index (χ4n) is 1.81. The van der Waals surface area contributed by atoms with Gasteiger partial charge >= 0.3 is 0 Å². The molecule has 1 rings (SSSR count). The number of primary sulfonamides is 1. The van der Waals surface area contributed by atoms with Gasteiger partial charge in [0.2, 0.25) is 10.0 Å². The first-order valence-electron chi connectivity index (χ1n) is 6.17. The number of rotatable bonds is 7. The number of nitrogens with zero attached hydrogens (tertiary/aromatic N) is 1. The maximum absolute atomic E-state index is 10.9. The van der Waals surface area contributed by atoms with Crippen molar-refractivity contribution in [3.05, 3.63) is 35.9 Å². The van der Waals surface area contributed by atoms with E-state index in [0.29, 0.717) is 12.5 Å². The minimum absolute atomic E-state index is 0.0466. The van der Waals surface area contributed by atoms with Crippen molar-refractivity contribution in [2.24, 2.45) is 5.14 Å². The molecule has 0 aliphatic rings. The van der Waals surface area contributed by atoms with Crippen LogP contribution in [0.4, 0.5) is 0 Å². The molecule has 1 aromatic rings.